The molecule has 1 N–H and O–H groups in total. The Morgan fingerprint density at radius 1 is 1.64 bits per heavy atom. The van der Waals surface area contributed by atoms with E-state index in [0.717, 1.165) is 12.8 Å². The van der Waals surface area contributed by atoms with E-state index in [0.29, 0.717) is 12.8 Å². The molecule has 1 saturated carbocycles. The van der Waals surface area contributed by atoms with Crippen molar-refractivity contribution in [1.82, 2.24) is 0 Å². The molecular weight excluding hydrogens is 138 g/mol. The van der Waals surface area contributed by atoms with Gasteiger partial charge in [-0.05, 0) is 19.3 Å². The number of terminal acetylenes is 1. The van der Waals surface area contributed by atoms with Gasteiger partial charge in [-0.1, -0.05) is 5.92 Å². The van der Waals surface area contributed by atoms with Crippen molar-refractivity contribution in [2.75, 3.05) is 0 Å². The third-order valence-electron chi connectivity index (χ3n) is 2.18. The number of aliphatic hydroxyl groups is 1. The van der Waals surface area contributed by atoms with Gasteiger partial charge in [-0.2, -0.15) is 5.26 Å². The lowest BCUT2D eigenvalue weighted by atomic mass is 9.79. The summed E-state index contributed by atoms with van der Waals surface area (Å²) in [4.78, 5) is 0. The Bertz CT molecular complexity index is 223. The molecule has 0 aromatic carbocycles. The van der Waals surface area contributed by atoms with E-state index in [4.69, 9.17) is 11.7 Å². The fourth-order valence-electron chi connectivity index (χ4n) is 1.49. The maximum absolute atomic E-state index is 9.59. The normalized spacial score (nSPS) is 37.2. The molecule has 11 heavy (non-hydrogen) atoms. The molecule has 0 aliphatic heterocycles. The van der Waals surface area contributed by atoms with Crippen LogP contribution in [0.2, 0.25) is 0 Å². The predicted molar refractivity (Wildman–Crippen MR) is 41.4 cm³/mol. The molecule has 1 aliphatic rings. The van der Waals surface area contributed by atoms with Gasteiger partial charge in [0.25, 0.3) is 0 Å². The Morgan fingerprint density at radius 2 is 2.36 bits per heavy atom. The molecule has 1 aliphatic carbocycles. The number of hydrogen-bond donors (Lipinski definition) is 1. The molecular formula is C9H11NO. The van der Waals surface area contributed by atoms with Gasteiger partial charge in [0.2, 0.25) is 0 Å². The summed E-state index contributed by atoms with van der Waals surface area (Å²) in [6.45, 7) is 0. The summed E-state index contributed by atoms with van der Waals surface area (Å²) in [5.41, 5.74) is -1.00. The molecule has 2 nitrogen and oxygen atoms in total. The highest BCUT2D eigenvalue weighted by Gasteiger charge is 2.32. The second kappa shape index (κ2) is 2.95. The van der Waals surface area contributed by atoms with E-state index in [1.165, 1.54) is 0 Å². The highest BCUT2D eigenvalue weighted by atomic mass is 16.3. The van der Waals surface area contributed by atoms with Crippen LogP contribution in [0, 0.1) is 29.6 Å². The minimum Gasteiger partial charge on any atom is -0.378 e. The number of nitrogens with zero attached hydrogens (tertiary/aromatic N) is 1. The van der Waals surface area contributed by atoms with E-state index in [1.807, 2.05) is 0 Å². The zero-order valence-electron chi connectivity index (χ0n) is 6.38. The Balaban J connectivity index is 2.62. The Labute approximate surface area is 66.8 Å². The lowest BCUT2D eigenvalue weighted by molar-refractivity contribution is 0.0480. The third-order valence-corrected chi connectivity index (χ3v) is 2.18. The molecule has 1 fully saturated rings. The topological polar surface area (TPSA) is 44.0 Å². The summed E-state index contributed by atoms with van der Waals surface area (Å²) in [7, 11) is 0. The molecule has 2 unspecified atom stereocenters. The van der Waals surface area contributed by atoms with E-state index in [1.54, 1.807) is 0 Å². The van der Waals surface area contributed by atoms with Crippen LogP contribution in [0.1, 0.15) is 25.7 Å². The highest BCUT2D eigenvalue weighted by molar-refractivity contribution is 5.11. The highest BCUT2D eigenvalue weighted by Crippen LogP contribution is 2.31. The second-order valence-corrected chi connectivity index (χ2v) is 3.10. The van der Waals surface area contributed by atoms with Gasteiger partial charge in [0.1, 0.15) is 5.60 Å². The standard InChI is InChI=1S/C9H11NO/c1-2-9(11)5-3-4-8(6-9)7-10/h1,8,11H,3-6H2. The van der Waals surface area contributed by atoms with Crippen LogP contribution in [0.4, 0.5) is 0 Å². The first kappa shape index (κ1) is 8.11. The Morgan fingerprint density at radius 3 is 2.91 bits per heavy atom. The van der Waals surface area contributed by atoms with Crippen molar-refractivity contribution in [2.45, 2.75) is 31.3 Å². The van der Waals surface area contributed by atoms with Crippen molar-refractivity contribution in [1.29, 1.82) is 5.26 Å². The van der Waals surface area contributed by atoms with Crippen LogP contribution < -0.4 is 0 Å². The van der Waals surface area contributed by atoms with Crippen LogP contribution in [0.15, 0.2) is 0 Å². The van der Waals surface area contributed by atoms with Crippen LogP contribution in [-0.4, -0.2) is 10.7 Å². The van der Waals surface area contributed by atoms with Crippen LogP contribution >= 0.6 is 0 Å². The molecule has 1 rings (SSSR count). The minimum absolute atomic E-state index is 0.0511. The van der Waals surface area contributed by atoms with Crippen molar-refractivity contribution in [3.63, 3.8) is 0 Å². The lowest BCUT2D eigenvalue weighted by Gasteiger charge is -2.29. The van der Waals surface area contributed by atoms with Gasteiger partial charge < -0.3 is 5.11 Å². The summed E-state index contributed by atoms with van der Waals surface area (Å²) in [6.07, 6.45) is 7.97. The van der Waals surface area contributed by atoms with Crippen molar-refractivity contribution in [2.24, 2.45) is 5.92 Å². The summed E-state index contributed by atoms with van der Waals surface area (Å²) in [5, 5.41) is 18.2. The third kappa shape index (κ3) is 1.73. The quantitative estimate of drug-likeness (QED) is 0.523. The first-order valence-electron chi connectivity index (χ1n) is 3.80. The van der Waals surface area contributed by atoms with Crippen LogP contribution in [0.5, 0.6) is 0 Å². The van der Waals surface area contributed by atoms with E-state index in [2.05, 4.69) is 12.0 Å². The molecule has 2 atom stereocenters. The fraction of sp³-hybridized carbons (Fsp3) is 0.667. The molecule has 0 radical (unpaired) electrons. The summed E-state index contributed by atoms with van der Waals surface area (Å²) in [6, 6.07) is 2.14. The maximum Gasteiger partial charge on any atom is 0.126 e. The average Bonchev–Trinajstić information content (AvgIpc) is 2.05. The van der Waals surface area contributed by atoms with Gasteiger partial charge in [-0.3, -0.25) is 0 Å². The Hall–Kier alpha value is -0.990. The molecule has 2 heteroatoms. The molecule has 0 amide bonds. The minimum atomic E-state index is -1.00. The molecule has 0 spiro atoms. The summed E-state index contributed by atoms with van der Waals surface area (Å²) in [5.74, 6) is 2.30. The molecule has 0 saturated heterocycles. The van der Waals surface area contributed by atoms with Crippen molar-refractivity contribution in [3.8, 4) is 18.4 Å². The van der Waals surface area contributed by atoms with Crippen molar-refractivity contribution >= 4 is 0 Å². The van der Waals surface area contributed by atoms with E-state index in [9.17, 15) is 5.11 Å². The summed E-state index contributed by atoms with van der Waals surface area (Å²) < 4.78 is 0. The molecule has 0 heterocycles. The predicted octanol–water partition coefficient (Wildman–Crippen LogP) is 1.06. The smallest absolute Gasteiger partial charge is 0.126 e. The van der Waals surface area contributed by atoms with E-state index in [-0.39, 0.29) is 5.92 Å². The fourth-order valence-corrected chi connectivity index (χ4v) is 1.49. The van der Waals surface area contributed by atoms with Crippen LogP contribution in [0.3, 0.4) is 0 Å². The summed E-state index contributed by atoms with van der Waals surface area (Å²) >= 11 is 0. The number of rotatable bonds is 0. The molecule has 0 aromatic heterocycles. The first-order chi connectivity index (χ1) is 5.20. The zero-order chi connectivity index (χ0) is 8.32. The average molecular weight is 149 g/mol. The van der Waals surface area contributed by atoms with Gasteiger partial charge >= 0.3 is 0 Å². The second-order valence-electron chi connectivity index (χ2n) is 3.10. The maximum atomic E-state index is 9.59. The van der Waals surface area contributed by atoms with Gasteiger partial charge in [0, 0.05) is 6.42 Å². The van der Waals surface area contributed by atoms with E-state index >= 15 is 0 Å². The number of nitriles is 1. The zero-order valence-corrected chi connectivity index (χ0v) is 6.38. The molecule has 0 aromatic rings. The molecule has 58 valence electrons. The lowest BCUT2D eigenvalue weighted by Crippen LogP contribution is -2.32. The number of hydrogen-bond acceptors (Lipinski definition) is 2. The Kier molecular flexibility index (Phi) is 2.17. The van der Waals surface area contributed by atoms with Gasteiger partial charge in [0.05, 0.1) is 12.0 Å². The van der Waals surface area contributed by atoms with E-state index < -0.39 is 5.60 Å². The van der Waals surface area contributed by atoms with Gasteiger partial charge in [-0.25, -0.2) is 0 Å². The van der Waals surface area contributed by atoms with Gasteiger partial charge in [-0.15, -0.1) is 6.42 Å². The molecule has 0 bridgehead atoms. The first-order valence-corrected chi connectivity index (χ1v) is 3.80. The van der Waals surface area contributed by atoms with Gasteiger partial charge in [0.15, 0.2) is 0 Å². The largest absolute Gasteiger partial charge is 0.378 e. The van der Waals surface area contributed by atoms with Crippen molar-refractivity contribution in [3.05, 3.63) is 0 Å². The van der Waals surface area contributed by atoms with Crippen LogP contribution in [-0.2, 0) is 0 Å². The van der Waals surface area contributed by atoms with Crippen LogP contribution in [0.25, 0.3) is 0 Å². The monoisotopic (exact) mass is 149 g/mol. The SMILES string of the molecule is C#CC1(O)CCCC(C#N)C1. The van der Waals surface area contributed by atoms with Crippen molar-refractivity contribution < 1.29 is 5.11 Å².